The minimum atomic E-state index is 0.0537. The fraction of sp³-hybridized carbons (Fsp3) is 0.500. The zero-order valence-corrected chi connectivity index (χ0v) is 17.4. The summed E-state index contributed by atoms with van der Waals surface area (Å²) < 4.78 is 0. The van der Waals surface area contributed by atoms with E-state index < -0.39 is 0 Å². The molecule has 1 N–H and O–H groups in total. The molecule has 1 aromatic carbocycles. The van der Waals surface area contributed by atoms with E-state index in [2.05, 4.69) is 66.3 Å². The molecule has 150 valence electrons. The van der Waals surface area contributed by atoms with Gasteiger partial charge in [-0.2, -0.15) is 0 Å². The number of hydrogen-bond acceptors (Lipinski definition) is 3. The van der Waals surface area contributed by atoms with Crippen LogP contribution >= 0.6 is 0 Å². The van der Waals surface area contributed by atoms with E-state index in [1.54, 1.807) is 0 Å². The third kappa shape index (κ3) is 5.90. The van der Waals surface area contributed by atoms with E-state index in [1.807, 2.05) is 18.3 Å². The first kappa shape index (κ1) is 20.5. The maximum atomic E-state index is 12.5. The Labute approximate surface area is 169 Å². The molecular formula is C24H33N3O. The van der Waals surface area contributed by atoms with Crippen LogP contribution in [-0.2, 0) is 11.3 Å². The Hall–Kier alpha value is -2.20. The van der Waals surface area contributed by atoms with Crippen molar-refractivity contribution < 1.29 is 4.79 Å². The SMILES string of the molecule is CC(C)c1ccc([C@@H](C)NC(=O)CC2CCN(Cc3ccccn3)CC2)cc1. The van der Waals surface area contributed by atoms with E-state index in [1.165, 1.54) is 11.1 Å². The first-order valence-electron chi connectivity index (χ1n) is 10.5. The zero-order valence-electron chi connectivity index (χ0n) is 17.4. The number of carbonyl (C=O) groups is 1. The molecule has 2 aromatic rings. The standard InChI is InChI=1S/C24H33N3O/c1-18(2)21-7-9-22(10-8-21)19(3)26-24(28)16-20-11-14-27(15-12-20)17-23-6-4-5-13-25-23/h4-10,13,18-20H,11-12,14-17H2,1-3H3,(H,26,28)/t19-/m1/s1. The molecule has 1 fully saturated rings. The van der Waals surface area contributed by atoms with Crippen molar-refractivity contribution in [2.45, 2.75) is 58.5 Å². The summed E-state index contributed by atoms with van der Waals surface area (Å²) in [5.74, 6) is 1.18. The van der Waals surface area contributed by atoms with Crippen molar-refractivity contribution >= 4 is 5.91 Å². The van der Waals surface area contributed by atoms with Gasteiger partial charge in [-0.1, -0.05) is 44.2 Å². The highest BCUT2D eigenvalue weighted by Crippen LogP contribution is 2.23. The van der Waals surface area contributed by atoms with Crippen molar-refractivity contribution in [3.63, 3.8) is 0 Å². The molecule has 0 unspecified atom stereocenters. The monoisotopic (exact) mass is 379 g/mol. The van der Waals surface area contributed by atoms with Crippen molar-refractivity contribution in [3.05, 3.63) is 65.5 Å². The maximum absolute atomic E-state index is 12.5. The summed E-state index contributed by atoms with van der Waals surface area (Å²) in [5.41, 5.74) is 3.62. The Bertz CT molecular complexity index is 734. The average molecular weight is 380 g/mol. The molecule has 2 heterocycles. The van der Waals surface area contributed by atoms with Gasteiger partial charge in [0, 0.05) is 19.2 Å². The number of piperidine rings is 1. The average Bonchev–Trinajstić information content (AvgIpc) is 2.70. The predicted octanol–water partition coefficient (Wildman–Crippen LogP) is 4.68. The maximum Gasteiger partial charge on any atom is 0.220 e. The van der Waals surface area contributed by atoms with Crippen molar-refractivity contribution in [1.82, 2.24) is 15.2 Å². The molecule has 28 heavy (non-hydrogen) atoms. The van der Waals surface area contributed by atoms with E-state index in [9.17, 15) is 4.79 Å². The quantitative estimate of drug-likeness (QED) is 0.759. The molecule has 0 aliphatic carbocycles. The number of benzene rings is 1. The van der Waals surface area contributed by atoms with Gasteiger partial charge in [0.15, 0.2) is 0 Å². The molecule has 0 radical (unpaired) electrons. The second kappa shape index (κ2) is 9.83. The molecule has 1 aliphatic heterocycles. The highest BCUT2D eigenvalue weighted by atomic mass is 16.1. The van der Waals surface area contributed by atoms with E-state index in [0.717, 1.165) is 38.2 Å². The molecule has 0 spiro atoms. The van der Waals surface area contributed by atoms with E-state index in [-0.39, 0.29) is 11.9 Å². The molecular weight excluding hydrogens is 346 g/mol. The first-order valence-corrected chi connectivity index (χ1v) is 10.5. The highest BCUT2D eigenvalue weighted by molar-refractivity contribution is 5.76. The molecule has 1 saturated heterocycles. The van der Waals surface area contributed by atoms with Crippen LogP contribution < -0.4 is 5.32 Å². The van der Waals surface area contributed by atoms with Gasteiger partial charge in [0.2, 0.25) is 5.91 Å². The summed E-state index contributed by atoms with van der Waals surface area (Å²) in [4.78, 5) is 19.4. The number of rotatable bonds is 7. The zero-order chi connectivity index (χ0) is 19.9. The summed E-state index contributed by atoms with van der Waals surface area (Å²) >= 11 is 0. The number of carbonyl (C=O) groups excluding carboxylic acids is 1. The molecule has 1 amide bonds. The summed E-state index contributed by atoms with van der Waals surface area (Å²) in [6.45, 7) is 9.45. The van der Waals surface area contributed by atoms with Gasteiger partial charge in [-0.3, -0.25) is 14.7 Å². The summed E-state index contributed by atoms with van der Waals surface area (Å²) in [7, 11) is 0. The Balaban J connectivity index is 1.41. The molecule has 1 atom stereocenters. The fourth-order valence-electron chi connectivity index (χ4n) is 3.88. The molecule has 3 rings (SSSR count). The number of nitrogens with one attached hydrogen (secondary N) is 1. The van der Waals surface area contributed by atoms with Gasteiger partial charge in [-0.05, 0) is 68.0 Å². The van der Waals surface area contributed by atoms with Gasteiger partial charge in [0.25, 0.3) is 0 Å². The molecule has 4 heteroatoms. The third-order valence-corrected chi connectivity index (χ3v) is 5.77. The topological polar surface area (TPSA) is 45.2 Å². The van der Waals surface area contributed by atoms with Crippen molar-refractivity contribution in [2.24, 2.45) is 5.92 Å². The molecule has 0 saturated carbocycles. The van der Waals surface area contributed by atoms with Crippen LogP contribution in [0.15, 0.2) is 48.7 Å². The minimum absolute atomic E-state index is 0.0537. The first-order chi connectivity index (χ1) is 13.5. The van der Waals surface area contributed by atoms with Crippen LogP contribution in [0.2, 0.25) is 0 Å². The lowest BCUT2D eigenvalue weighted by molar-refractivity contribution is -0.123. The second-order valence-corrected chi connectivity index (χ2v) is 8.36. The molecule has 1 aromatic heterocycles. The number of amides is 1. The number of hydrogen-bond donors (Lipinski definition) is 1. The van der Waals surface area contributed by atoms with Crippen LogP contribution in [0.5, 0.6) is 0 Å². The van der Waals surface area contributed by atoms with E-state index in [4.69, 9.17) is 0 Å². The van der Waals surface area contributed by atoms with Crippen LogP contribution in [-0.4, -0.2) is 28.9 Å². The summed E-state index contributed by atoms with van der Waals surface area (Å²) in [6.07, 6.45) is 4.64. The number of pyridine rings is 1. The van der Waals surface area contributed by atoms with Gasteiger partial charge >= 0.3 is 0 Å². The lowest BCUT2D eigenvalue weighted by Crippen LogP contribution is -2.36. The van der Waals surface area contributed by atoms with Crippen LogP contribution in [0.3, 0.4) is 0 Å². The van der Waals surface area contributed by atoms with Crippen LogP contribution in [0.1, 0.15) is 68.8 Å². The molecule has 1 aliphatic rings. The van der Waals surface area contributed by atoms with Crippen LogP contribution in [0.4, 0.5) is 0 Å². The van der Waals surface area contributed by atoms with Gasteiger partial charge in [0.05, 0.1) is 11.7 Å². The highest BCUT2D eigenvalue weighted by Gasteiger charge is 2.22. The van der Waals surface area contributed by atoms with Gasteiger partial charge < -0.3 is 5.32 Å². The fourth-order valence-corrected chi connectivity index (χ4v) is 3.88. The Morgan fingerprint density at radius 1 is 1.07 bits per heavy atom. The summed E-state index contributed by atoms with van der Waals surface area (Å²) in [5, 5.41) is 3.18. The van der Waals surface area contributed by atoms with Gasteiger partial charge in [-0.15, -0.1) is 0 Å². The molecule has 0 bridgehead atoms. The lowest BCUT2D eigenvalue weighted by atomic mass is 9.92. The van der Waals surface area contributed by atoms with Crippen molar-refractivity contribution in [3.8, 4) is 0 Å². The second-order valence-electron chi connectivity index (χ2n) is 8.36. The van der Waals surface area contributed by atoms with Crippen molar-refractivity contribution in [2.75, 3.05) is 13.1 Å². The number of nitrogens with zero attached hydrogens (tertiary/aromatic N) is 2. The van der Waals surface area contributed by atoms with Crippen LogP contribution in [0, 0.1) is 5.92 Å². The Morgan fingerprint density at radius 2 is 1.75 bits per heavy atom. The Morgan fingerprint density at radius 3 is 2.36 bits per heavy atom. The normalized spacial score (nSPS) is 16.9. The van der Waals surface area contributed by atoms with Gasteiger partial charge in [0.1, 0.15) is 0 Å². The molecule has 4 nitrogen and oxygen atoms in total. The predicted molar refractivity (Wildman–Crippen MR) is 114 cm³/mol. The third-order valence-electron chi connectivity index (χ3n) is 5.77. The number of likely N-dealkylation sites (tertiary alicyclic amines) is 1. The van der Waals surface area contributed by atoms with Gasteiger partial charge in [-0.25, -0.2) is 0 Å². The van der Waals surface area contributed by atoms with E-state index >= 15 is 0 Å². The largest absolute Gasteiger partial charge is 0.350 e. The smallest absolute Gasteiger partial charge is 0.220 e. The van der Waals surface area contributed by atoms with Crippen LogP contribution in [0.25, 0.3) is 0 Å². The minimum Gasteiger partial charge on any atom is -0.350 e. The lowest BCUT2D eigenvalue weighted by Gasteiger charge is -2.31. The number of aromatic nitrogens is 1. The summed E-state index contributed by atoms with van der Waals surface area (Å²) in [6, 6.07) is 14.7. The van der Waals surface area contributed by atoms with Crippen molar-refractivity contribution in [1.29, 1.82) is 0 Å². The van der Waals surface area contributed by atoms with E-state index in [0.29, 0.717) is 18.3 Å². The Kier molecular flexibility index (Phi) is 7.21.